The molecule has 0 fully saturated rings. The predicted molar refractivity (Wildman–Crippen MR) is 112 cm³/mol. The van der Waals surface area contributed by atoms with Crippen molar-refractivity contribution in [3.63, 3.8) is 0 Å². The topological polar surface area (TPSA) is 43.1 Å². The summed E-state index contributed by atoms with van der Waals surface area (Å²) in [6.45, 7) is 3.39. The molecule has 3 aromatic rings. The first-order valence-corrected chi connectivity index (χ1v) is 11.5. The normalized spacial score (nSPS) is 14.0. The molecule has 4 nitrogen and oxygen atoms in total. The second-order valence-corrected chi connectivity index (χ2v) is 9.50. The third-order valence-electron chi connectivity index (χ3n) is 5.13. The van der Waals surface area contributed by atoms with E-state index < -0.39 is 0 Å². The molecule has 26 heavy (non-hydrogen) atoms. The Bertz CT molecular complexity index is 933. The number of thiophene rings is 1. The highest BCUT2D eigenvalue weighted by Crippen LogP contribution is 2.41. The van der Waals surface area contributed by atoms with Crippen molar-refractivity contribution in [1.82, 2.24) is 15.0 Å². The van der Waals surface area contributed by atoms with Crippen LogP contribution < -0.4 is 4.90 Å². The fourth-order valence-corrected chi connectivity index (χ4v) is 6.18. The van der Waals surface area contributed by atoms with Gasteiger partial charge in [0.05, 0.1) is 30.9 Å². The van der Waals surface area contributed by atoms with Crippen molar-refractivity contribution < 1.29 is 4.90 Å². The molecule has 3 heterocycles. The van der Waals surface area contributed by atoms with E-state index in [9.17, 15) is 0 Å². The molecule has 0 aliphatic heterocycles. The van der Waals surface area contributed by atoms with Crippen molar-refractivity contribution in [2.75, 3.05) is 26.4 Å². The number of hydrogen-bond donors (Lipinski definition) is 1. The molecule has 6 heteroatoms. The van der Waals surface area contributed by atoms with Gasteiger partial charge in [0.25, 0.3) is 0 Å². The van der Waals surface area contributed by atoms with Gasteiger partial charge in [0.2, 0.25) is 0 Å². The molecule has 1 N–H and O–H groups in total. The number of thioether (sulfide) groups is 1. The number of nitrogens with one attached hydrogen (secondary N) is 1. The average molecular weight is 388 g/mol. The van der Waals surface area contributed by atoms with Crippen LogP contribution in [0.2, 0.25) is 0 Å². The maximum absolute atomic E-state index is 5.11. The van der Waals surface area contributed by atoms with E-state index in [0.29, 0.717) is 0 Å². The summed E-state index contributed by atoms with van der Waals surface area (Å²) in [6, 6.07) is 0. The lowest BCUT2D eigenvalue weighted by Crippen LogP contribution is -3.06. The van der Waals surface area contributed by atoms with Gasteiger partial charge in [-0.2, -0.15) is 0 Å². The molecule has 1 aliphatic rings. The van der Waals surface area contributed by atoms with Crippen molar-refractivity contribution >= 4 is 43.5 Å². The van der Waals surface area contributed by atoms with E-state index >= 15 is 0 Å². The molecule has 0 saturated carbocycles. The Morgan fingerprint density at radius 1 is 1.19 bits per heavy atom. The Morgan fingerprint density at radius 2 is 2.04 bits per heavy atom. The van der Waals surface area contributed by atoms with Gasteiger partial charge in [0, 0.05) is 16.8 Å². The van der Waals surface area contributed by atoms with E-state index in [1.807, 2.05) is 11.8 Å². The highest BCUT2D eigenvalue weighted by atomic mass is 32.2. The lowest BCUT2D eigenvalue weighted by Gasteiger charge is -2.08. The number of nitrogens with zero attached hydrogens (tertiary/aromatic N) is 3. The zero-order valence-electron chi connectivity index (χ0n) is 15.9. The third-order valence-corrected chi connectivity index (χ3v) is 7.33. The number of aromatic nitrogens is 3. The second-order valence-electron chi connectivity index (χ2n) is 7.42. The van der Waals surface area contributed by atoms with E-state index in [4.69, 9.17) is 4.98 Å². The average Bonchev–Trinajstić information content (AvgIpc) is 3.23. The fourth-order valence-electron chi connectivity index (χ4n) is 3.76. The standard InChI is InChI=1S/C20H26N4S2/c1-4-5-9-15-13-7-6-8-14(13)16-17-18(26-19(16)23-15)20(22-12-21-17)25-11-10-24(2)3/h12H,4-11H2,1-3H3/p+1. The SMILES string of the molecule is CCCCc1nc2sc3c(SCC[NH+](C)C)ncnc3c2c2c1CCC2. The minimum atomic E-state index is 1.08. The van der Waals surface area contributed by atoms with Crippen LogP contribution in [0, 0.1) is 0 Å². The number of unbranched alkanes of at least 4 members (excludes halogenated alkanes) is 1. The van der Waals surface area contributed by atoms with Crippen molar-refractivity contribution in [1.29, 1.82) is 0 Å². The molecular weight excluding hydrogens is 360 g/mol. The number of hydrogen-bond acceptors (Lipinski definition) is 5. The molecule has 0 amide bonds. The molecule has 0 atom stereocenters. The molecule has 3 aromatic heterocycles. The van der Waals surface area contributed by atoms with E-state index in [0.717, 1.165) is 29.3 Å². The van der Waals surface area contributed by atoms with Gasteiger partial charge in [0.15, 0.2) is 0 Å². The quantitative estimate of drug-likeness (QED) is 0.499. The van der Waals surface area contributed by atoms with Crippen molar-refractivity contribution in [2.45, 2.75) is 50.5 Å². The van der Waals surface area contributed by atoms with E-state index in [1.165, 1.54) is 68.7 Å². The van der Waals surface area contributed by atoms with Gasteiger partial charge in [-0.15, -0.1) is 11.3 Å². The fraction of sp³-hybridized carbons (Fsp3) is 0.550. The zero-order valence-corrected chi connectivity index (χ0v) is 17.5. The summed E-state index contributed by atoms with van der Waals surface area (Å²) in [6.07, 6.45) is 8.92. The van der Waals surface area contributed by atoms with Crippen LogP contribution in [0.1, 0.15) is 43.0 Å². The molecular formula is C20H27N4S2+. The maximum atomic E-state index is 5.11. The Kier molecular flexibility index (Phi) is 5.43. The Labute approximate surface area is 163 Å². The van der Waals surface area contributed by atoms with Crippen LogP contribution in [-0.4, -0.2) is 41.3 Å². The molecule has 138 valence electrons. The molecule has 4 rings (SSSR count). The van der Waals surface area contributed by atoms with Gasteiger partial charge in [0.1, 0.15) is 16.2 Å². The highest BCUT2D eigenvalue weighted by molar-refractivity contribution is 7.99. The van der Waals surface area contributed by atoms with Crippen LogP contribution >= 0.6 is 23.1 Å². The molecule has 0 spiro atoms. The molecule has 0 unspecified atom stereocenters. The number of rotatable bonds is 7. The van der Waals surface area contributed by atoms with E-state index in [2.05, 4.69) is 31.0 Å². The van der Waals surface area contributed by atoms with Gasteiger partial charge in [-0.1, -0.05) is 25.1 Å². The molecule has 0 saturated heterocycles. The summed E-state index contributed by atoms with van der Waals surface area (Å²) in [5.74, 6) is 1.08. The zero-order chi connectivity index (χ0) is 18.1. The Hall–Kier alpha value is -1.24. The Morgan fingerprint density at radius 3 is 2.85 bits per heavy atom. The largest absolute Gasteiger partial charge is 0.339 e. The van der Waals surface area contributed by atoms with Gasteiger partial charge in [-0.25, -0.2) is 15.0 Å². The molecule has 0 bridgehead atoms. The number of quaternary nitrogens is 1. The lowest BCUT2D eigenvalue weighted by molar-refractivity contribution is -0.855. The molecule has 0 aromatic carbocycles. The first-order chi connectivity index (χ1) is 12.7. The van der Waals surface area contributed by atoms with Crippen molar-refractivity contribution in [3.8, 4) is 0 Å². The molecule has 0 radical (unpaired) electrons. The smallest absolute Gasteiger partial charge is 0.126 e. The van der Waals surface area contributed by atoms with E-state index in [1.54, 1.807) is 17.7 Å². The van der Waals surface area contributed by atoms with Crippen molar-refractivity contribution in [3.05, 3.63) is 23.1 Å². The van der Waals surface area contributed by atoms with Crippen LogP contribution in [0.4, 0.5) is 0 Å². The lowest BCUT2D eigenvalue weighted by atomic mass is 10.0. The second kappa shape index (κ2) is 7.79. The summed E-state index contributed by atoms with van der Waals surface area (Å²) in [7, 11) is 4.39. The molecule has 1 aliphatic carbocycles. The van der Waals surface area contributed by atoms with Crippen molar-refractivity contribution in [2.24, 2.45) is 0 Å². The summed E-state index contributed by atoms with van der Waals surface area (Å²) < 4.78 is 1.23. The number of pyridine rings is 1. The summed E-state index contributed by atoms with van der Waals surface area (Å²) in [4.78, 5) is 17.0. The third kappa shape index (κ3) is 3.35. The minimum Gasteiger partial charge on any atom is -0.339 e. The number of aryl methyl sites for hydroxylation is 2. The summed E-state index contributed by atoms with van der Waals surface area (Å²) in [5, 5.41) is 2.45. The predicted octanol–water partition coefficient (Wildman–Crippen LogP) is 3.31. The first kappa shape index (κ1) is 18.1. The van der Waals surface area contributed by atoms with Crippen LogP contribution in [0.3, 0.4) is 0 Å². The Balaban J connectivity index is 1.81. The van der Waals surface area contributed by atoms with Crippen LogP contribution in [0.15, 0.2) is 11.4 Å². The number of fused-ring (bicyclic) bond motifs is 5. The van der Waals surface area contributed by atoms with Crippen LogP contribution in [0.25, 0.3) is 20.4 Å². The van der Waals surface area contributed by atoms with E-state index in [-0.39, 0.29) is 0 Å². The minimum absolute atomic E-state index is 1.08. The maximum Gasteiger partial charge on any atom is 0.126 e. The van der Waals surface area contributed by atoms with Gasteiger partial charge < -0.3 is 4.90 Å². The van der Waals surface area contributed by atoms with Gasteiger partial charge in [-0.05, 0) is 43.2 Å². The highest BCUT2D eigenvalue weighted by Gasteiger charge is 2.24. The van der Waals surface area contributed by atoms with Crippen LogP contribution in [-0.2, 0) is 19.3 Å². The van der Waals surface area contributed by atoms with Gasteiger partial charge in [-0.3, -0.25) is 0 Å². The first-order valence-electron chi connectivity index (χ1n) is 9.68. The van der Waals surface area contributed by atoms with Gasteiger partial charge >= 0.3 is 0 Å². The monoisotopic (exact) mass is 387 g/mol. The van der Waals surface area contributed by atoms with Crippen LogP contribution in [0.5, 0.6) is 0 Å². The summed E-state index contributed by atoms with van der Waals surface area (Å²) in [5.41, 5.74) is 5.53. The summed E-state index contributed by atoms with van der Waals surface area (Å²) >= 11 is 3.65.